The van der Waals surface area contributed by atoms with E-state index in [1.165, 1.54) is 12.1 Å². The van der Waals surface area contributed by atoms with E-state index in [-0.39, 0.29) is 5.82 Å². The van der Waals surface area contributed by atoms with Crippen LogP contribution in [0.2, 0.25) is 0 Å². The Bertz CT molecular complexity index is 732. The second-order valence-electron chi connectivity index (χ2n) is 4.36. The van der Waals surface area contributed by atoms with Gasteiger partial charge in [-0.15, -0.1) is 0 Å². The van der Waals surface area contributed by atoms with Crippen LogP contribution in [0.5, 0.6) is 5.75 Å². The predicted octanol–water partition coefficient (Wildman–Crippen LogP) is 3.39. The van der Waals surface area contributed by atoms with Crippen molar-refractivity contribution in [2.24, 2.45) is 7.05 Å². The highest BCUT2D eigenvalue weighted by atomic mass is 19.1. The van der Waals surface area contributed by atoms with Crippen molar-refractivity contribution >= 4 is 11.0 Å². The highest BCUT2D eigenvalue weighted by molar-refractivity contribution is 5.81. The summed E-state index contributed by atoms with van der Waals surface area (Å²) in [6.07, 6.45) is 0. The van der Waals surface area contributed by atoms with Gasteiger partial charge in [0.05, 0.1) is 18.1 Å². The Hall–Kier alpha value is -2.36. The van der Waals surface area contributed by atoms with Crippen LogP contribution in [0.4, 0.5) is 4.39 Å². The molecule has 0 radical (unpaired) electrons. The van der Waals surface area contributed by atoms with Gasteiger partial charge in [-0.05, 0) is 36.4 Å². The molecule has 0 atom stereocenters. The lowest BCUT2D eigenvalue weighted by Gasteiger charge is -2.02. The number of nitrogens with zero attached hydrogens (tertiary/aromatic N) is 2. The third-order valence-electron chi connectivity index (χ3n) is 3.19. The van der Waals surface area contributed by atoms with Crippen LogP contribution in [-0.2, 0) is 7.05 Å². The van der Waals surface area contributed by atoms with Gasteiger partial charge in [0.15, 0.2) is 0 Å². The summed E-state index contributed by atoms with van der Waals surface area (Å²) in [5.41, 5.74) is 2.76. The van der Waals surface area contributed by atoms with E-state index in [1.807, 2.05) is 29.8 Å². The van der Waals surface area contributed by atoms with E-state index in [2.05, 4.69) is 4.98 Å². The molecule has 0 saturated carbocycles. The first kappa shape index (κ1) is 11.7. The molecule has 0 spiro atoms. The minimum atomic E-state index is -0.246. The van der Waals surface area contributed by atoms with E-state index in [4.69, 9.17) is 4.74 Å². The average Bonchev–Trinajstić information content (AvgIpc) is 2.76. The third-order valence-corrected chi connectivity index (χ3v) is 3.19. The number of methoxy groups -OCH3 is 1. The van der Waals surface area contributed by atoms with Gasteiger partial charge >= 0.3 is 0 Å². The molecule has 0 aliphatic rings. The largest absolute Gasteiger partial charge is 0.497 e. The fourth-order valence-electron chi connectivity index (χ4n) is 2.16. The van der Waals surface area contributed by atoms with E-state index >= 15 is 0 Å². The molecule has 19 heavy (non-hydrogen) atoms. The van der Waals surface area contributed by atoms with E-state index in [0.717, 1.165) is 28.2 Å². The van der Waals surface area contributed by atoms with Gasteiger partial charge in [-0.25, -0.2) is 9.37 Å². The molecular formula is C15H13FN2O. The fraction of sp³-hybridized carbons (Fsp3) is 0.133. The van der Waals surface area contributed by atoms with Gasteiger partial charge in [0.25, 0.3) is 0 Å². The maximum Gasteiger partial charge on any atom is 0.140 e. The third kappa shape index (κ3) is 1.95. The van der Waals surface area contributed by atoms with Gasteiger partial charge in [-0.1, -0.05) is 0 Å². The lowest BCUT2D eigenvalue weighted by atomic mass is 10.2. The van der Waals surface area contributed by atoms with Crippen LogP contribution in [0.3, 0.4) is 0 Å². The molecule has 0 aliphatic carbocycles. The van der Waals surface area contributed by atoms with Crippen molar-refractivity contribution in [2.45, 2.75) is 0 Å². The molecule has 0 saturated heterocycles. The summed E-state index contributed by atoms with van der Waals surface area (Å²) in [5.74, 6) is 1.34. The van der Waals surface area contributed by atoms with Crippen molar-refractivity contribution in [3.63, 3.8) is 0 Å². The SMILES string of the molecule is COc1ccc2c(c1)nc(-c1ccc(F)cc1)n2C. The van der Waals surface area contributed by atoms with Crippen molar-refractivity contribution in [3.05, 3.63) is 48.3 Å². The number of rotatable bonds is 2. The van der Waals surface area contributed by atoms with Crippen molar-refractivity contribution in [1.29, 1.82) is 0 Å². The van der Waals surface area contributed by atoms with Gasteiger partial charge in [0.1, 0.15) is 17.4 Å². The molecule has 0 aliphatic heterocycles. The van der Waals surface area contributed by atoms with E-state index in [1.54, 1.807) is 19.2 Å². The Morgan fingerprint density at radius 2 is 1.84 bits per heavy atom. The molecule has 2 aromatic carbocycles. The predicted molar refractivity (Wildman–Crippen MR) is 72.7 cm³/mol. The molecule has 0 fully saturated rings. The normalized spacial score (nSPS) is 10.9. The highest BCUT2D eigenvalue weighted by Gasteiger charge is 2.10. The first-order chi connectivity index (χ1) is 9.19. The van der Waals surface area contributed by atoms with Crippen LogP contribution in [-0.4, -0.2) is 16.7 Å². The molecule has 4 heteroatoms. The van der Waals surface area contributed by atoms with Gasteiger partial charge in [0, 0.05) is 18.7 Å². The molecule has 3 aromatic rings. The quantitative estimate of drug-likeness (QED) is 0.702. The number of aromatic nitrogens is 2. The monoisotopic (exact) mass is 256 g/mol. The fourth-order valence-corrected chi connectivity index (χ4v) is 2.16. The molecule has 0 N–H and O–H groups in total. The number of aryl methyl sites for hydroxylation is 1. The summed E-state index contributed by atoms with van der Waals surface area (Å²) >= 11 is 0. The zero-order valence-corrected chi connectivity index (χ0v) is 10.7. The maximum atomic E-state index is 13.0. The second-order valence-corrected chi connectivity index (χ2v) is 4.36. The standard InChI is InChI=1S/C15H13FN2O/c1-18-14-8-7-12(19-2)9-13(14)17-15(18)10-3-5-11(16)6-4-10/h3-9H,1-2H3. The number of benzene rings is 2. The smallest absolute Gasteiger partial charge is 0.140 e. The molecule has 0 amide bonds. The summed E-state index contributed by atoms with van der Waals surface area (Å²) in [5, 5.41) is 0. The summed E-state index contributed by atoms with van der Waals surface area (Å²) < 4.78 is 20.1. The van der Waals surface area contributed by atoms with Crippen LogP contribution in [0.25, 0.3) is 22.4 Å². The molecule has 3 nitrogen and oxygen atoms in total. The number of halogens is 1. The van der Waals surface area contributed by atoms with Crippen molar-refractivity contribution in [3.8, 4) is 17.1 Å². The Labute approximate surface area is 110 Å². The molecule has 1 heterocycles. The van der Waals surface area contributed by atoms with Crippen LogP contribution >= 0.6 is 0 Å². The molecular weight excluding hydrogens is 243 g/mol. The zero-order valence-electron chi connectivity index (χ0n) is 10.7. The average molecular weight is 256 g/mol. The number of hydrogen-bond acceptors (Lipinski definition) is 2. The first-order valence-electron chi connectivity index (χ1n) is 5.95. The van der Waals surface area contributed by atoms with Crippen molar-refractivity contribution in [2.75, 3.05) is 7.11 Å². The molecule has 96 valence electrons. The molecule has 0 bridgehead atoms. The van der Waals surface area contributed by atoms with Crippen molar-refractivity contribution in [1.82, 2.24) is 9.55 Å². The lowest BCUT2D eigenvalue weighted by molar-refractivity contribution is 0.415. The molecule has 1 aromatic heterocycles. The summed E-state index contributed by atoms with van der Waals surface area (Å²) in [6, 6.07) is 12.1. The molecule has 0 unspecified atom stereocenters. The van der Waals surface area contributed by atoms with E-state index in [0.29, 0.717) is 0 Å². The van der Waals surface area contributed by atoms with E-state index < -0.39 is 0 Å². The van der Waals surface area contributed by atoms with Crippen LogP contribution in [0.1, 0.15) is 0 Å². The van der Waals surface area contributed by atoms with Gasteiger partial charge in [0.2, 0.25) is 0 Å². The van der Waals surface area contributed by atoms with Crippen LogP contribution < -0.4 is 4.74 Å². The van der Waals surface area contributed by atoms with E-state index in [9.17, 15) is 4.39 Å². The van der Waals surface area contributed by atoms with Gasteiger partial charge in [-0.2, -0.15) is 0 Å². The maximum absolute atomic E-state index is 13.0. The number of fused-ring (bicyclic) bond motifs is 1. The number of imidazole rings is 1. The topological polar surface area (TPSA) is 27.1 Å². The summed E-state index contributed by atoms with van der Waals surface area (Å²) in [4.78, 5) is 4.58. The Kier molecular flexibility index (Phi) is 2.71. The number of hydrogen-bond donors (Lipinski definition) is 0. The first-order valence-corrected chi connectivity index (χ1v) is 5.95. The summed E-state index contributed by atoms with van der Waals surface area (Å²) in [6.45, 7) is 0. The van der Waals surface area contributed by atoms with Gasteiger partial charge < -0.3 is 9.30 Å². The second kappa shape index (κ2) is 4.39. The molecule has 3 rings (SSSR count). The zero-order chi connectivity index (χ0) is 13.4. The highest BCUT2D eigenvalue weighted by Crippen LogP contribution is 2.26. The number of ether oxygens (including phenoxy) is 1. The Morgan fingerprint density at radius 3 is 2.53 bits per heavy atom. The van der Waals surface area contributed by atoms with Gasteiger partial charge in [-0.3, -0.25) is 0 Å². The summed E-state index contributed by atoms with van der Waals surface area (Å²) in [7, 11) is 3.57. The Balaban J connectivity index is 2.19. The van der Waals surface area contributed by atoms with Crippen molar-refractivity contribution < 1.29 is 9.13 Å². The minimum Gasteiger partial charge on any atom is -0.497 e. The Morgan fingerprint density at radius 1 is 1.11 bits per heavy atom. The minimum absolute atomic E-state index is 0.246. The lowest BCUT2D eigenvalue weighted by Crippen LogP contribution is -1.92. The van der Waals surface area contributed by atoms with Crippen LogP contribution in [0, 0.1) is 5.82 Å². The van der Waals surface area contributed by atoms with Crippen LogP contribution in [0.15, 0.2) is 42.5 Å².